The van der Waals surface area contributed by atoms with E-state index in [1.54, 1.807) is 19.4 Å². The van der Waals surface area contributed by atoms with Gasteiger partial charge in [-0.05, 0) is 24.3 Å². The molecule has 0 aliphatic rings. The molecule has 0 saturated heterocycles. The van der Waals surface area contributed by atoms with Crippen LogP contribution in [-0.4, -0.2) is 28.0 Å². The maximum absolute atomic E-state index is 12.2. The normalized spacial score (nSPS) is 10.1. The number of carbonyl (C=O) groups excluding carboxylic acids is 1. The van der Waals surface area contributed by atoms with E-state index in [0.29, 0.717) is 12.4 Å². The van der Waals surface area contributed by atoms with Crippen LogP contribution in [-0.2, 0) is 6.54 Å². The SMILES string of the molecule is COc1cccc(Nc2cc(C(=O)NCc3ccccn3)ncn2)c1. The molecule has 7 nitrogen and oxygen atoms in total. The van der Waals surface area contributed by atoms with Gasteiger partial charge in [-0.15, -0.1) is 0 Å². The molecule has 0 unspecified atom stereocenters. The molecule has 0 saturated carbocycles. The number of hydrogen-bond donors (Lipinski definition) is 2. The Bertz CT molecular complexity index is 855. The Balaban J connectivity index is 1.67. The van der Waals surface area contributed by atoms with Gasteiger partial charge in [0.1, 0.15) is 23.6 Å². The summed E-state index contributed by atoms with van der Waals surface area (Å²) in [6.07, 6.45) is 3.03. The largest absolute Gasteiger partial charge is 0.497 e. The molecule has 2 N–H and O–H groups in total. The molecular formula is C18H17N5O2. The highest BCUT2D eigenvalue weighted by molar-refractivity contribution is 5.92. The van der Waals surface area contributed by atoms with Crippen molar-refractivity contribution in [3.05, 3.63) is 72.4 Å². The number of hydrogen-bond acceptors (Lipinski definition) is 6. The second kappa shape index (κ2) is 7.87. The summed E-state index contributed by atoms with van der Waals surface area (Å²) in [5.41, 5.74) is 1.86. The van der Waals surface area contributed by atoms with E-state index in [-0.39, 0.29) is 11.6 Å². The van der Waals surface area contributed by atoms with Gasteiger partial charge in [0, 0.05) is 24.0 Å². The lowest BCUT2D eigenvalue weighted by atomic mass is 10.3. The predicted molar refractivity (Wildman–Crippen MR) is 93.7 cm³/mol. The van der Waals surface area contributed by atoms with Gasteiger partial charge < -0.3 is 15.4 Å². The maximum Gasteiger partial charge on any atom is 0.270 e. The lowest BCUT2D eigenvalue weighted by Gasteiger charge is -2.08. The molecule has 25 heavy (non-hydrogen) atoms. The van der Waals surface area contributed by atoms with Gasteiger partial charge in [-0.3, -0.25) is 9.78 Å². The molecule has 126 valence electrons. The van der Waals surface area contributed by atoms with Gasteiger partial charge in [-0.1, -0.05) is 12.1 Å². The third-order valence-electron chi connectivity index (χ3n) is 3.40. The van der Waals surface area contributed by atoms with Crippen molar-refractivity contribution in [1.29, 1.82) is 0 Å². The number of methoxy groups -OCH3 is 1. The highest BCUT2D eigenvalue weighted by atomic mass is 16.5. The van der Waals surface area contributed by atoms with Gasteiger partial charge in [0.25, 0.3) is 5.91 Å². The minimum atomic E-state index is -0.290. The highest BCUT2D eigenvalue weighted by Crippen LogP contribution is 2.20. The average Bonchev–Trinajstić information content (AvgIpc) is 2.67. The first-order valence-corrected chi connectivity index (χ1v) is 7.66. The Morgan fingerprint density at radius 1 is 1.08 bits per heavy atom. The van der Waals surface area contributed by atoms with Gasteiger partial charge in [-0.25, -0.2) is 9.97 Å². The second-order valence-corrected chi connectivity index (χ2v) is 5.15. The number of anilines is 2. The summed E-state index contributed by atoms with van der Waals surface area (Å²) in [5, 5.41) is 5.91. The van der Waals surface area contributed by atoms with Crippen LogP contribution in [0.4, 0.5) is 11.5 Å². The van der Waals surface area contributed by atoms with Crippen LogP contribution in [0.3, 0.4) is 0 Å². The lowest BCUT2D eigenvalue weighted by Crippen LogP contribution is -2.24. The number of carbonyl (C=O) groups is 1. The van der Waals surface area contributed by atoms with E-state index in [1.165, 1.54) is 6.33 Å². The number of aromatic nitrogens is 3. The Hall–Kier alpha value is -3.48. The third-order valence-corrected chi connectivity index (χ3v) is 3.40. The van der Waals surface area contributed by atoms with Crippen molar-refractivity contribution in [2.75, 3.05) is 12.4 Å². The van der Waals surface area contributed by atoms with Crippen LogP contribution in [0.15, 0.2) is 61.1 Å². The van der Waals surface area contributed by atoms with E-state index in [2.05, 4.69) is 25.6 Å². The van der Waals surface area contributed by atoms with Crippen molar-refractivity contribution in [1.82, 2.24) is 20.3 Å². The number of nitrogens with one attached hydrogen (secondary N) is 2. The number of benzene rings is 1. The first-order chi connectivity index (χ1) is 12.2. The molecule has 3 rings (SSSR count). The second-order valence-electron chi connectivity index (χ2n) is 5.15. The zero-order chi connectivity index (χ0) is 17.5. The summed E-state index contributed by atoms with van der Waals surface area (Å²) in [7, 11) is 1.60. The molecule has 0 aliphatic heterocycles. The van der Waals surface area contributed by atoms with E-state index in [1.807, 2.05) is 42.5 Å². The molecule has 0 radical (unpaired) electrons. The Morgan fingerprint density at radius 3 is 2.80 bits per heavy atom. The van der Waals surface area contributed by atoms with E-state index in [9.17, 15) is 4.79 Å². The number of pyridine rings is 1. The van der Waals surface area contributed by atoms with Crippen LogP contribution in [0.5, 0.6) is 5.75 Å². The summed E-state index contributed by atoms with van der Waals surface area (Å²) in [6, 6.07) is 14.6. The monoisotopic (exact) mass is 335 g/mol. The summed E-state index contributed by atoms with van der Waals surface area (Å²) in [5.74, 6) is 0.959. The van der Waals surface area contributed by atoms with Gasteiger partial charge in [0.15, 0.2) is 0 Å². The van der Waals surface area contributed by atoms with Crippen LogP contribution in [0.2, 0.25) is 0 Å². The predicted octanol–water partition coefficient (Wildman–Crippen LogP) is 2.55. The van der Waals surface area contributed by atoms with Crippen LogP contribution in [0.1, 0.15) is 16.2 Å². The Morgan fingerprint density at radius 2 is 2.00 bits per heavy atom. The molecule has 7 heteroatoms. The number of nitrogens with zero attached hydrogens (tertiary/aromatic N) is 3. The van der Waals surface area contributed by atoms with E-state index >= 15 is 0 Å². The molecule has 0 atom stereocenters. The number of rotatable bonds is 6. The number of amides is 1. The third kappa shape index (κ3) is 4.51. The standard InChI is InChI=1S/C18H17N5O2/c1-25-15-7-4-6-13(9-15)23-17-10-16(21-12-22-17)18(24)20-11-14-5-2-3-8-19-14/h2-10,12H,11H2,1H3,(H,20,24)(H,21,22,23). The summed E-state index contributed by atoms with van der Waals surface area (Å²) in [4.78, 5) is 24.6. The van der Waals surface area contributed by atoms with Gasteiger partial charge in [0.2, 0.25) is 0 Å². The van der Waals surface area contributed by atoms with Crippen molar-refractivity contribution in [2.24, 2.45) is 0 Å². The molecule has 1 amide bonds. The Kier molecular flexibility index (Phi) is 5.16. The van der Waals surface area contributed by atoms with Crippen LogP contribution < -0.4 is 15.4 Å². The molecule has 0 bridgehead atoms. The average molecular weight is 335 g/mol. The fourth-order valence-corrected chi connectivity index (χ4v) is 2.16. The minimum Gasteiger partial charge on any atom is -0.497 e. The summed E-state index contributed by atoms with van der Waals surface area (Å²) in [6.45, 7) is 0.336. The molecule has 0 aliphatic carbocycles. The van der Waals surface area contributed by atoms with Gasteiger partial charge in [0.05, 0.1) is 19.3 Å². The maximum atomic E-state index is 12.2. The summed E-state index contributed by atoms with van der Waals surface area (Å²) >= 11 is 0. The quantitative estimate of drug-likeness (QED) is 0.720. The summed E-state index contributed by atoms with van der Waals surface area (Å²) < 4.78 is 5.19. The fourth-order valence-electron chi connectivity index (χ4n) is 2.16. The van der Waals surface area contributed by atoms with Gasteiger partial charge >= 0.3 is 0 Å². The smallest absolute Gasteiger partial charge is 0.270 e. The van der Waals surface area contributed by atoms with Crippen molar-refractivity contribution in [2.45, 2.75) is 6.54 Å². The van der Waals surface area contributed by atoms with Crippen LogP contribution >= 0.6 is 0 Å². The fraction of sp³-hybridized carbons (Fsp3) is 0.111. The molecule has 2 aromatic heterocycles. The molecular weight excluding hydrogens is 318 g/mol. The van der Waals surface area contributed by atoms with E-state index < -0.39 is 0 Å². The molecule has 1 aromatic carbocycles. The Labute approximate surface area is 145 Å². The van der Waals surface area contributed by atoms with Crippen molar-refractivity contribution in [3.8, 4) is 5.75 Å². The molecule has 0 spiro atoms. The van der Waals surface area contributed by atoms with Crippen molar-refractivity contribution in [3.63, 3.8) is 0 Å². The number of ether oxygens (including phenoxy) is 1. The van der Waals surface area contributed by atoms with Crippen LogP contribution in [0, 0.1) is 0 Å². The van der Waals surface area contributed by atoms with Gasteiger partial charge in [-0.2, -0.15) is 0 Å². The molecule has 0 fully saturated rings. The van der Waals surface area contributed by atoms with Crippen LogP contribution in [0.25, 0.3) is 0 Å². The zero-order valence-corrected chi connectivity index (χ0v) is 13.6. The first kappa shape index (κ1) is 16.4. The topological polar surface area (TPSA) is 89.0 Å². The van der Waals surface area contributed by atoms with Crippen molar-refractivity contribution < 1.29 is 9.53 Å². The molecule has 3 aromatic rings. The van der Waals surface area contributed by atoms with Crippen molar-refractivity contribution >= 4 is 17.4 Å². The van der Waals surface area contributed by atoms with E-state index in [4.69, 9.17) is 4.74 Å². The minimum absolute atomic E-state index is 0.274. The molecule has 2 heterocycles. The van der Waals surface area contributed by atoms with E-state index in [0.717, 1.165) is 17.1 Å². The first-order valence-electron chi connectivity index (χ1n) is 7.66. The lowest BCUT2D eigenvalue weighted by molar-refractivity contribution is 0.0945. The zero-order valence-electron chi connectivity index (χ0n) is 13.6. The highest BCUT2D eigenvalue weighted by Gasteiger charge is 2.09.